The number of amides is 1. The summed E-state index contributed by atoms with van der Waals surface area (Å²) in [5.74, 6) is -0.933. The summed E-state index contributed by atoms with van der Waals surface area (Å²) in [7, 11) is 0. The van der Waals surface area contributed by atoms with Gasteiger partial charge in [-0.2, -0.15) is 0 Å². The Balaban J connectivity index is 1.19. The first-order chi connectivity index (χ1) is 21.4. The van der Waals surface area contributed by atoms with E-state index in [1.165, 1.54) is 12.1 Å². The van der Waals surface area contributed by atoms with E-state index in [-0.39, 0.29) is 23.9 Å². The number of allylic oxidation sites excluding steroid dienone is 1. The second-order valence-corrected chi connectivity index (χ2v) is 10.2. The smallest absolute Gasteiger partial charge is 0.326 e. The van der Waals surface area contributed by atoms with Gasteiger partial charge in [0.05, 0.1) is 6.61 Å². The minimum atomic E-state index is -1.03. The van der Waals surface area contributed by atoms with Crippen molar-refractivity contribution in [3.8, 4) is 5.75 Å². The predicted molar refractivity (Wildman–Crippen MR) is 169 cm³/mol. The van der Waals surface area contributed by atoms with Crippen LogP contribution in [0.3, 0.4) is 0 Å². The van der Waals surface area contributed by atoms with Crippen LogP contribution in [0.5, 0.6) is 5.75 Å². The van der Waals surface area contributed by atoms with E-state index in [1.54, 1.807) is 78.9 Å². The molecule has 0 spiro atoms. The van der Waals surface area contributed by atoms with Gasteiger partial charge in [0.25, 0.3) is 0 Å². The van der Waals surface area contributed by atoms with E-state index in [4.69, 9.17) is 4.74 Å². The number of carboxylic acids is 1. The Morgan fingerprint density at radius 3 is 2.39 bits per heavy atom. The highest BCUT2D eigenvalue weighted by atomic mass is 19.1. The van der Waals surface area contributed by atoms with Gasteiger partial charge in [0.2, 0.25) is 5.91 Å². The number of para-hydroxylation sites is 1. The molecule has 1 atom stereocenters. The van der Waals surface area contributed by atoms with Gasteiger partial charge in [-0.1, -0.05) is 78.9 Å². The number of benzene rings is 4. The maximum absolute atomic E-state index is 13.2. The van der Waals surface area contributed by atoms with E-state index < -0.39 is 12.0 Å². The third-order valence-electron chi connectivity index (χ3n) is 6.81. The number of anilines is 1. The minimum absolute atomic E-state index is 0.0631. The quantitative estimate of drug-likeness (QED) is 0.100. The fourth-order valence-electron chi connectivity index (χ4n) is 4.52. The molecule has 0 aliphatic carbocycles. The van der Waals surface area contributed by atoms with Gasteiger partial charge in [0.1, 0.15) is 17.6 Å². The topological polar surface area (TPSA) is 105 Å². The fraction of sp³-hybridized carbons (Fsp3) is 0.194. The molecular formula is C36H35FN2O5. The number of hydrogen-bond donors (Lipinski definition) is 3. The van der Waals surface area contributed by atoms with Crippen molar-refractivity contribution >= 4 is 29.4 Å². The largest absolute Gasteiger partial charge is 0.494 e. The zero-order valence-electron chi connectivity index (χ0n) is 24.2. The average molecular weight is 595 g/mol. The third-order valence-corrected chi connectivity index (χ3v) is 6.81. The fourth-order valence-corrected chi connectivity index (χ4v) is 4.52. The lowest BCUT2D eigenvalue weighted by Gasteiger charge is -2.18. The van der Waals surface area contributed by atoms with Crippen LogP contribution in [0.4, 0.5) is 10.1 Å². The molecular weight excluding hydrogens is 559 g/mol. The highest BCUT2D eigenvalue weighted by Gasteiger charge is 2.21. The first kappa shape index (κ1) is 31.7. The lowest BCUT2D eigenvalue weighted by atomic mass is 10.00. The van der Waals surface area contributed by atoms with Gasteiger partial charge < -0.3 is 20.5 Å². The standard InChI is InChI=1S/C36H35FN2O5/c37-29-14-8-11-26(24-29)10-4-7-17-34(40)38-22-9-23-44-30-20-18-27(19-21-30)25-33(36(42)43)39-32-16-6-5-15-31(32)35(41)28-12-2-1-3-13-28/h1-6,8,10-16,18-21,24,33,39H,7,9,17,22-23,25H2,(H,38,40)(H,42,43)/t33-/m0/s1. The molecule has 44 heavy (non-hydrogen) atoms. The first-order valence-electron chi connectivity index (χ1n) is 14.5. The van der Waals surface area contributed by atoms with Crippen LogP contribution in [0.1, 0.15) is 46.3 Å². The van der Waals surface area contributed by atoms with Crippen LogP contribution in [0, 0.1) is 5.82 Å². The van der Waals surface area contributed by atoms with Crippen molar-refractivity contribution in [3.05, 3.63) is 137 Å². The molecule has 226 valence electrons. The summed E-state index contributed by atoms with van der Waals surface area (Å²) in [6.07, 6.45) is 5.37. The molecule has 0 fully saturated rings. The molecule has 4 aromatic rings. The molecule has 0 radical (unpaired) electrons. The van der Waals surface area contributed by atoms with E-state index in [0.717, 1.165) is 11.1 Å². The van der Waals surface area contributed by atoms with Crippen molar-refractivity contribution in [1.29, 1.82) is 0 Å². The normalized spacial score (nSPS) is 11.6. The van der Waals surface area contributed by atoms with E-state index in [2.05, 4.69) is 10.6 Å². The number of nitrogens with one attached hydrogen (secondary N) is 2. The van der Waals surface area contributed by atoms with Gasteiger partial charge in [-0.05, 0) is 60.4 Å². The van der Waals surface area contributed by atoms with Crippen LogP contribution in [0.15, 0.2) is 109 Å². The lowest BCUT2D eigenvalue weighted by molar-refractivity contribution is -0.137. The van der Waals surface area contributed by atoms with Crippen molar-refractivity contribution in [2.24, 2.45) is 0 Å². The summed E-state index contributed by atoms with van der Waals surface area (Å²) in [6, 6.07) is 28.3. The SMILES string of the molecule is O=C(CCC=Cc1cccc(F)c1)NCCCOc1ccc(C[C@H](Nc2ccccc2C(=O)c2ccccc2)C(=O)O)cc1. The Hall–Kier alpha value is -5.24. The molecule has 0 bridgehead atoms. The minimum Gasteiger partial charge on any atom is -0.494 e. The summed E-state index contributed by atoms with van der Waals surface area (Å²) in [5.41, 5.74) is 2.94. The molecule has 1 amide bonds. The Labute approximate surface area is 256 Å². The number of carbonyl (C=O) groups excluding carboxylic acids is 2. The molecule has 7 nitrogen and oxygen atoms in total. The zero-order valence-corrected chi connectivity index (χ0v) is 24.2. The molecule has 0 unspecified atom stereocenters. The van der Waals surface area contributed by atoms with Crippen molar-refractivity contribution < 1.29 is 28.6 Å². The maximum Gasteiger partial charge on any atom is 0.326 e. The van der Waals surface area contributed by atoms with Crippen LogP contribution in [-0.4, -0.2) is 42.0 Å². The third kappa shape index (κ3) is 9.94. The van der Waals surface area contributed by atoms with Crippen molar-refractivity contribution in [2.45, 2.75) is 31.7 Å². The van der Waals surface area contributed by atoms with Crippen molar-refractivity contribution in [3.63, 3.8) is 0 Å². The van der Waals surface area contributed by atoms with Crippen LogP contribution in [-0.2, 0) is 16.0 Å². The van der Waals surface area contributed by atoms with E-state index in [0.29, 0.717) is 55.0 Å². The van der Waals surface area contributed by atoms with Gasteiger partial charge >= 0.3 is 5.97 Å². The summed E-state index contributed by atoms with van der Waals surface area (Å²) in [4.78, 5) is 37.2. The highest BCUT2D eigenvalue weighted by Crippen LogP contribution is 2.22. The van der Waals surface area contributed by atoms with Gasteiger partial charge in [-0.25, -0.2) is 9.18 Å². The molecule has 0 saturated carbocycles. The van der Waals surface area contributed by atoms with E-state index in [1.807, 2.05) is 24.3 Å². The summed E-state index contributed by atoms with van der Waals surface area (Å²) in [6.45, 7) is 0.884. The molecule has 4 rings (SSSR count). The zero-order chi connectivity index (χ0) is 31.1. The Bertz CT molecular complexity index is 1570. The molecule has 8 heteroatoms. The predicted octanol–water partition coefficient (Wildman–Crippen LogP) is 6.54. The number of carbonyl (C=O) groups is 3. The van der Waals surface area contributed by atoms with Crippen LogP contribution in [0.25, 0.3) is 6.08 Å². The van der Waals surface area contributed by atoms with Crippen molar-refractivity contribution in [2.75, 3.05) is 18.5 Å². The number of halogens is 1. The summed E-state index contributed by atoms with van der Waals surface area (Å²) < 4.78 is 19.0. The lowest BCUT2D eigenvalue weighted by Crippen LogP contribution is -2.32. The monoisotopic (exact) mass is 594 g/mol. The summed E-state index contributed by atoms with van der Waals surface area (Å²) >= 11 is 0. The molecule has 4 aromatic carbocycles. The van der Waals surface area contributed by atoms with Crippen molar-refractivity contribution in [1.82, 2.24) is 5.32 Å². The van der Waals surface area contributed by atoms with E-state index in [9.17, 15) is 23.9 Å². The Morgan fingerprint density at radius 2 is 1.64 bits per heavy atom. The number of ether oxygens (including phenoxy) is 1. The van der Waals surface area contributed by atoms with E-state index >= 15 is 0 Å². The molecule has 0 aliphatic rings. The second-order valence-electron chi connectivity index (χ2n) is 10.2. The number of rotatable bonds is 16. The molecule has 0 aliphatic heterocycles. The van der Waals surface area contributed by atoms with Gasteiger partial charge in [-0.3, -0.25) is 9.59 Å². The van der Waals surface area contributed by atoms with Gasteiger partial charge in [0.15, 0.2) is 5.78 Å². The number of carboxylic acid groups (broad SMARTS) is 1. The summed E-state index contributed by atoms with van der Waals surface area (Å²) in [5, 5.41) is 15.8. The molecule has 0 heterocycles. The molecule has 0 aromatic heterocycles. The Kier molecular flexibility index (Phi) is 11.8. The van der Waals surface area contributed by atoms with Gasteiger partial charge in [0, 0.05) is 36.2 Å². The number of aliphatic carboxylic acids is 1. The van der Waals surface area contributed by atoms with Gasteiger partial charge in [-0.15, -0.1) is 0 Å². The highest BCUT2D eigenvalue weighted by molar-refractivity contribution is 6.12. The maximum atomic E-state index is 13.2. The van der Waals surface area contributed by atoms with Crippen LogP contribution >= 0.6 is 0 Å². The molecule has 3 N–H and O–H groups in total. The number of ketones is 1. The second kappa shape index (κ2) is 16.4. The first-order valence-corrected chi connectivity index (χ1v) is 14.5. The average Bonchev–Trinajstić information content (AvgIpc) is 3.03. The number of hydrogen-bond acceptors (Lipinski definition) is 5. The van der Waals surface area contributed by atoms with Crippen LogP contribution in [0.2, 0.25) is 0 Å². The van der Waals surface area contributed by atoms with Crippen LogP contribution < -0.4 is 15.4 Å². The Morgan fingerprint density at radius 1 is 0.886 bits per heavy atom. The molecule has 0 saturated heterocycles.